The third-order valence-corrected chi connectivity index (χ3v) is 4.50. The molecule has 0 aromatic carbocycles. The van der Waals surface area contributed by atoms with Gasteiger partial charge in [-0.15, -0.1) is 11.3 Å². The van der Waals surface area contributed by atoms with Gasteiger partial charge in [0, 0.05) is 24.5 Å². The quantitative estimate of drug-likeness (QED) is 0.847. The molecule has 1 N–H and O–H groups in total. The van der Waals surface area contributed by atoms with Gasteiger partial charge in [-0.25, -0.2) is 4.98 Å². The normalized spacial score (nSPS) is 13.1. The number of hydrogen-bond acceptors (Lipinski definition) is 4. The van der Waals surface area contributed by atoms with Gasteiger partial charge in [0.25, 0.3) is 0 Å². The Kier molecular flexibility index (Phi) is 5.40. The summed E-state index contributed by atoms with van der Waals surface area (Å²) in [6, 6.07) is 0.522. The van der Waals surface area contributed by atoms with Crippen molar-refractivity contribution in [3.05, 3.63) is 10.6 Å². The number of anilines is 1. The third-order valence-electron chi connectivity index (χ3n) is 3.32. The van der Waals surface area contributed by atoms with Gasteiger partial charge in [0.15, 0.2) is 5.13 Å². The molecule has 17 heavy (non-hydrogen) atoms. The van der Waals surface area contributed by atoms with E-state index in [0.29, 0.717) is 12.0 Å². The van der Waals surface area contributed by atoms with Crippen LogP contribution in [-0.4, -0.2) is 25.1 Å². The highest BCUT2D eigenvalue weighted by atomic mass is 32.1. The maximum absolute atomic E-state index is 4.76. The van der Waals surface area contributed by atoms with E-state index in [-0.39, 0.29) is 0 Å². The van der Waals surface area contributed by atoms with Crippen LogP contribution in [0.2, 0.25) is 0 Å². The zero-order valence-corrected chi connectivity index (χ0v) is 12.7. The van der Waals surface area contributed by atoms with Crippen molar-refractivity contribution in [1.29, 1.82) is 0 Å². The Labute approximate surface area is 109 Å². The summed E-state index contributed by atoms with van der Waals surface area (Å²) in [7, 11) is 4.13. The fraction of sp³-hybridized carbons (Fsp3) is 0.769. The molecule has 0 fully saturated rings. The van der Waals surface area contributed by atoms with Crippen LogP contribution in [0.25, 0.3) is 0 Å². The van der Waals surface area contributed by atoms with Crippen LogP contribution in [0.4, 0.5) is 5.13 Å². The Morgan fingerprint density at radius 1 is 1.35 bits per heavy atom. The minimum absolute atomic E-state index is 0.522. The van der Waals surface area contributed by atoms with Crippen LogP contribution < -0.4 is 10.2 Å². The highest BCUT2D eigenvalue weighted by molar-refractivity contribution is 7.15. The molecule has 1 rings (SSSR count). The predicted octanol–water partition coefficient (Wildman–Crippen LogP) is 2.91. The van der Waals surface area contributed by atoms with Crippen molar-refractivity contribution in [3.8, 4) is 0 Å². The van der Waals surface area contributed by atoms with Gasteiger partial charge < -0.3 is 10.2 Å². The molecule has 0 spiro atoms. The highest BCUT2D eigenvalue weighted by Gasteiger charge is 2.18. The highest BCUT2D eigenvalue weighted by Crippen LogP contribution is 2.28. The molecule has 0 saturated heterocycles. The van der Waals surface area contributed by atoms with Crippen LogP contribution in [0.15, 0.2) is 0 Å². The molecule has 0 aliphatic carbocycles. The van der Waals surface area contributed by atoms with E-state index in [0.717, 1.165) is 18.1 Å². The minimum Gasteiger partial charge on any atom is -0.348 e. The number of rotatable bonds is 6. The lowest BCUT2D eigenvalue weighted by Crippen LogP contribution is -2.33. The molecule has 0 bridgehead atoms. The van der Waals surface area contributed by atoms with Crippen molar-refractivity contribution in [3.63, 3.8) is 0 Å². The molecule has 1 unspecified atom stereocenters. The predicted molar refractivity (Wildman–Crippen MR) is 77.0 cm³/mol. The molecule has 0 radical (unpaired) electrons. The second kappa shape index (κ2) is 6.36. The fourth-order valence-electron chi connectivity index (χ4n) is 1.72. The summed E-state index contributed by atoms with van der Waals surface area (Å²) in [6.45, 7) is 9.86. The van der Waals surface area contributed by atoms with Gasteiger partial charge in [-0.3, -0.25) is 0 Å². The number of nitrogens with zero attached hydrogens (tertiary/aromatic N) is 2. The molecule has 1 aromatic heterocycles. The Hall–Kier alpha value is -0.610. The van der Waals surface area contributed by atoms with E-state index in [4.69, 9.17) is 4.98 Å². The summed E-state index contributed by atoms with van der Waals surface area (Å²) in [6.07, 6.45) is 1.01. The number of thiazole rings is 1. The summed E-state index contributed by atoms with van der Waals surface area (Å²) in [4.78, 5) is 8.42. The van der Waals surface area contributed by atoms with E-state index < -0.39 is 0 Å². The smallest absolute Gasteiger partial charge is 0.185 e. The van der Waals surface area contributed by atoms with Gasteiger partial charge in [-0.05, 0) is 26.3 Å². The topological polar surface area (TPSA) is 28.2 Å². The van der Waals surface area contributed by atoms with Gasteiger partial charge in [-0.1, -0.05) is 20.8 Å². The summed E-state index contributed by atoms with van der Waals surface area (Å²) >= 11 is 1.81. The summed E-state index contributed by atoms with van der Waals surface area (Å²) in [5.74, 6) is 0.640. The van der Waals surface area contributed by atoms with Crippen LogP contribution in [-0.2, 0) is 13.0 Å². The Balaban J connectivity index is 2.90. The molecule has 98 valence electrons. The van der Waals surface area contributed by atoms with Gasteiger partial charge >= 0.3 is 0 Å². The molecule has 0 aliphatic rings. The summed E-state index contributed by atoms with van der Waals surface area (Å²) in [5, 5.41) is 4.36. The first kappa shape index (κ1) is 14.5. The first-order chi connectivity index (χ1) is 8.01. The van der Waals surface area contributed by atoms with Crippen molar-refractivity contribution in [1.82, 2.24) is 10.3 Å². The Morgan fingerprint density at radius 3 is 2.47 bits per heavy atom. The van der Waals surface area contributed by atoms with Gasteiger partial charge in [0.2, 0.25) is 0 Å². The van der Waals surface area contributed by atoms with Crippen LogP contribution in [0.1, 0.15) is 38.3 Å². The first-order valence-electron chi connectivity index (χ1n) is 6.37. The zero-order valence-electron chi connectivity index (χ0n) is 11.9. The lowest BCUT2D eigenvalue weighted by molar-refractivity contribution is 0.505. The number of nitrogens with one attached hydrogen (secondary N) is 1. The SMILES string of the molecule is CCc1nc(N(C)C(C)C(C)C)sc1CNC. The summed E-state index contributed by atoms with van der Waals surface area (Å²) < 4.78 is 0. The van der Waals surface area contributed by atoms with Crippen molar-refractivity contribution < 1.29 is 0 Å². The second-order valence-corrected chi connectivity index (χ2v) is 5.91. The maximum Gasteiger partial charge on any atom is 0.185 e. The molecule has 1 aromatic rings. The third kappa shape index (κ3) is 3.42. The summed E-state index contributed by atoms with van der Waals surface area (Å²) in [5.41, 5.74) is 1.24. The van der Waals surface area contributed by atoms with E-state index >= 15 is 0 Å². The Morgan fingerprint density at radius 2 is 2.00 bits per heavy atom. The van der Waals surface area contributed by atoms with Crippen molar-refractivity contribution in [2.24, 2.45) is 5.92 Å². The minimum atomic E-state index is 0.522. The fourth-order valence-corrected chi connectivity index (χ4v) is 2.93. The van der Waals surface area contributed by atoms with Crippen molar-refractivity contribution >= 4 is 16.5 Å². The van der Waals surface area contributed by atoms with Crippen LogP contribution >= 0.6 is 11.3 Å². The first-order valence-corrected chi connectivity index (χ1v) is 7.18. The van der Waals surface area contributed by atoms with E-state index in [2.05, 4.69) is 45.0 Å². The number of hydrogen-bond donors (Lipinski definition) is 1. The number of aryl methyl sites for hydroxylation is 1. The zero-order chi connectivity index (χ0) is 13.0. The molecule has 4 heteroatoms. The lowest BCUT2D eigenvalue weighted by Gasteiger charge is -2.27. The lowest BCUT2D eigenvalue weighted by atomic mass is 10.1. The van der Waals surface area contributed by atoms with Gasteiger partial charge in [0.05, 0.1) is 5.69 Å². The molecule has 0 aliphatic heterocycles. The van der Waals surface area contributed by atoms with Crippen molar-refractivity contribution in [2.45, 2.75) is 46.7 Å². The maximum atomic E-state index is 4.76. The Bertz CT molecular complexity index is 346. The number of aromatic nitrogens is 1. The van der Waals surface area contributed by atoms with E-state index in [1.54, 1.807) is 0 Å². The average Bonchev–Trinajstić information content (AvgIpc) is 2.70. The standard InChI is InChI=1S/C13H25N3S/c1-7-11-12(8-14-5)17-13(15-11)16(6)10(4)9(2)3/h9-10,14H,7-8H2,1-6H3. The van der Waals surface area contributed by atoms with E-state index in [9.17, 15) is 0 Å². The van der Waals surface area contributed by atoms with E-state index in [1.165, 1.54) is 10.6 Å². The van der Waals surface area contributed by atoms with Crippen molar-refractivity contribution in [2.75, 3.05) is 19.0 Å². The van der Waals surface area contributed by atoms with Crippen LogP contribution in [0.5, 0.6) is 0 Å². The molecule has 0 amide bonds. The molecule has 1 heterocycles. The second-order valence-electron chi connectivity index (χ2n) is 4.85. The molecule has 0 saturated carbocycles. The molecular formula is C13H25N3S. The van der Waals surface area contributed by atoms with Gasteiger partial charge in [-0.2, -0.15) is 0 Å². The molecule has 1 atom stereocenters. The largest absolute Gasteiger partial charge is 0.348 e. The van der Waals surface area contributed by atoms with E-state index in [1.807, 2.05) is 18.4 Å². The molecule has 3 nitrogen and oxygen atoms in total. The molecular weight excluding hydrogens is 230 g/mol. The van der Waals surface area contributed by atoms with Crippen LogP contribution in [0, 0.1) is 5.92 Å². The van der Waals surface area contributed by atoms with Crippen LogP contribution in [0.3, 0.4) is 0 Å². The van der Waals surface area contributed by atoms with Gasteiger partial charge in [0.1, 0.15) is 0 Å². The average molecular weight is 255 g/mol. The monoisotopic (exact) mass is 255 g/mol.